The van der Waals surface area contributed by atoms with Gasteiger partial charge in [-0.1, -0.05) is 0 Å². The first kappa shape index (κ1) is 18.7. The summed E-state index contributed by atoms with van der Waals surface area (Å²) in [6.45, 7) is 5.67. The number of ether oxygens (including phenoxy) is 1. The highest BCUT2D eigenvalue weighted by Crippen LogP contribution is 2.41. The molecule has 28 heavy (non-hydrogen) atoms. The molecular weight excluding hydrogens is 358 g/mol. The average molecular weight is 385 g/mol. The van der Waals surface area contributed by atoms with Crippen LogP contribution in [0.4, 0.5) is 10.5 Å². The highest BCUT2D eigenvalue weighted by molar-refractivity contribution is 5.92. The Morgan fingerprint density at radius 2 is 2.07 bits per heavy atom. The molecular formula is C21H27N3O4. The number of nitrogens with one attached hydrogen (secondary N) is 1. The maximum absolute atomic E-state index is 12.7. The number of nitrogens with zero attached hydrogens (tertiary/aromatic N) is 2. The fourth-order valence-electron chi connectivity index (χ4n) is 4.50. The van der Waals surface area contributed by atoms with Crippen molar-refractivity contribution in [3.8, 4) is 5.75 Å². The first-order valence-corrected chi connectivity index (χ1v) is 9.88. The van der Waals surface area contributed by atoms with E-state index in [4.69, 9.17) is 9.84 Å². The number of amides is 1. The molecule has 1 saturated heterocycles. The maximum atomic E-state index is 12.7. The van der Waals surface area contributed by atoms with Crippen LogP contribution in [0.2, 0.25) is 0 Å². The van der Waals surface area contributed by atoms with Gasteiger partial charge < -0.3 is 24.6 Å². The molecule has 1 unspecified atom stereocenters. The van der Waals surface area contributed by atoms with Gasteiger partial charge in [-0.05, 0) is 56.7 Å². The lowest BCUT2D eigenvalue weighted by molar-refractivity contribution is 0.186. The molecule has 7 heteroatoms. The van der Waals surface area contributed by atoms with Crippen molar-refractivity contribution in [1.29, 1.82) is 0 Å². The summed E-state index contributed by atoms with van der Waals surface area (Å²) in [5.74, 6) is 0.882. The van der Waals surface area contributed by atoms with Gasteiger partial charge >= 0.3 is 6.09 Å². The number of benzene rings is 1. The van der Waals surface area contributed by atoms with E-state index in [0.29, 0.717) is 5.75 Å². The minimum atomic E-state index is -0.978. The van der Waals surface area contributed by atoms with Crippen LogP contribution in [0.5, 0.6) is 5.75 Å². The molecule has 1 aliphatic carbocycles. The lowest BCUT2D eigenvalue weighted by Crippen LogP contribution is -2.38. The van der Waals surface area contributed by atoms with E-state index in [1.165, 1.54) is 0 Å². The zero-order valence-corrected chi connectivity index (χ0v) is 16.6. The van der Waals surface area contributed by atoms with Gasteiger partial charge in [0.15, 0.2) is 0 Å². The molecule has 1 aromatic heterocycles. The lowest BCUT2D eigenvalue weighted by atomic mass is 10.0. The second-order valence-electron chi connectivity index (χ2n) is 7.99. The van der Waals surface area contributed by atoms with E-state index < -0.39 is 6.09 Å². The van der Waals surface area contributed by atoms with Crippen molar-refractivity contribution in [3.63, 3.8) is 0 Å². The van der Waals surface area contributed by atoms with Gasteiger partial charge in [-0.15, -0.1) is 0 Å². The van der Waals surface area contributed by atoms with Crippen molar-refractivity contribution in [2.75, 3.05) is 25.1 Å². The van der Waals surface area contributed by atoms with Gasteiger partial charge in [-0.3, -0.25) is 4.79 Å². The van der Waals surface area contributed by atoms with E-state index in [0.717, 1.165) is 54.5 Å². The standard InChI is InChI=1S/C21H27N3O4/c1-12-17(23-9-8-14(11-23)13(2)22-21(26)27)7-6-16-18(28-3)10-19(25)24(20(12)16)15-4-5-15/h6-7,10,13-15,22H,4-5,8-9,11H2,1-3H3,(H,26,27)/t13-,14?/m0/s1. The predicted molar refractivity (Wildman–Crippen MR) is 109 cm³/mol. The Labute approximate surface area is 163 Å². The number of methoxy groups -OCH3 is 1. The third-order valence-corrected chi connectivity index (χ3v) is 6.16. The Kier molecular flexibility index (Phi) is 4.69. The van der Waals surface area contributed by atoms with Gasteiger partial charge in [0.1, 0.15) is 5.75 Å². The highest BCUT2D eigenvalue weighted by atomic mass is 16.5. The molecule has 1 aromatic carbocycles. The van der Waals surface area contributed by atoms with Crippen molar-refractivity contribution < 1.29 is 14.6 Å². The quantitative estimate of drug-likeness (QED) is 0.826. The summed E-state index contributed by atoms with van der Waals surface area (Å²) in [5.41, 5.74) is 3.15. The van der Waals surface area contributed by atoms with Crippen molar-refractivity contribution in [2.24, 2.45) is 5.92 Å². The monoisotopic (exact) mass is 385 g/mol. The topological polar surface area (TPSA) is 83.8 Å². The molecule has 1 aliphatic heterocycles. The molecule has 150 valence electrons. The van der Waals surface area contributed by atoms with Gasteiger partial charge in [-0.2, -0.15) is 0 Å². The van der Waals surface area contributed by atoms with Crippen molar-refractivity contribution in [3.05, 3.63) is 34.1 Å². The molecule has 2 fully saturated rings. The minimum absolute atomic E-state index is 0.00863. The van der Waals surface area contributed by atoms with Gasteiger partial charge in [0.2, 0.25) is 0 Å². The van der Waals surface area contributed by atoms with E-state index in [2.05, 4.69) is 23.2 Å². The minimum Gasteiger partial charge on any atom is -0.496 e. The molecule has 2 atom stereocenters. The Hall–Kier alpha value is -2.70. The molecule has 7 nitrogen and oxygen atoms in total. The Bertz CT molecular complexity index is 980. The van der Waals surface area contributed by atoms with E-state index in [-0.39, 0.29) is 23.6 Å². The molecule has 0 spiro atoms. The molecule has 2 N–H and O–H groups in total. The fourth-order valence-corrected chi connectivity index (χ4v) is 4.50. The SMILES string of the molecule is COc1cc(=O)n(C2CC2)c2c(C)c(N3CCC([C@H](C)NC(=O)O)C3)ccc12. The maximum Gasteiger partial charge on any atom is 0.404 e. The summed E-state index contributed by atoms with van der Waals surface area (Å²) in [4.78, 5) is 26.0. The predicted octanol–water partition coefficient (Wildman–Crippen LogP) is 3.14. The lowest BCUT2D eigenvalue weighted by Gasteiger charge is -2.25. The normalized spacial score (nSPS) is 20.4. The van der Waals surface area contributed by atoms with Crippen LogP contribution in [-0.2, 0) is 0 Å². The molecule has 1 amide bonds. The van der Waals surface area contributed by atoms with E-state index in [1.54, 1.807) is 13.2 Å². The number of fused-ring (bicyclic) bond motifs is 1. The number of pyridine rings is 1. The zero-order valence-electron chi connectivity index (χ0n) is 16.6. The number of hydrogen-bond donors (Lipinski definition) is 2. The van der Waals surface area contributed by atoms with Gasteiger partial charge in [0.25, 0.3) is 5.56 Å². The molecule has 4 rings (SSSR count). The van der Waals surface area contributed by atoms with Crippen LogP contribution in [0.3, 0.4) is 0 Å². The summed E-state index contributed by atoms with van der Waals surface area (Å²) in [6.07, 6.45) is 2.03. The summed E-state index contributed by atoms with van der Waals surface area (Å²) in [7, 11) is 1.60. The third-order valence-electron chi connectivity index (χ3n) is 6.16. The van der Waals surface area contributed by atoms with Crippen molar-refractivity contribution in [2.45, 2.75) is 45.2 Å². The number of aryl methyl sites for hydroxylation is 1. The summed E-state index contributed by atoms with van der Waals surface area (Å²) < 4.78 is 7.41. The fraction of sp³-hybridized carbons (Fsp3) is 0.524. The van der Waals surface area contributed by atoms with Crippen LogP contribution in [0.15, 0.2) is 23.0 Å². The third kappa shape index (κ3) is 3.19. The summed E-state index contributed by atoms with van der Waals surface area (Å²) >= 11 is 0. The van der Waals surface area contributed by atoms with Crippen molar-refractivity contribution in [1.82, 2.24) is 9.88 Å². The number of aromatic nitrogens is 1. The van der Waals surface area contributed by atoms with Crippen LogP contribution in [0.1, 0.15) is 37.8 Å². The smallest absolute Gasteiger partial charge is 0.404 e. The van der Waals surface area contributed by atoms with Crippen LogP contribution in [0.25, 0.3) is 10.9 Å². The van der Waals surface area contributed by atoms with Crippen LogP contribution in [-0.4, -0.2) is 42.0 Å². The molecule has 2 aromatic rings. The molecule has 2 heterocycles. The number of carbonyl (C=O) groups is 1. The molecule has 0 radical (unpaired) electrons. The number of carboxylic acid groups (broad SMARTS) is 1. The highest BCUT2D eigenvalue weighted by Gasteiger charge is 2.31. The van der Waals surface area contributed by atoms with E-state index in [9.17, 15) is 9.59 Å². The van der Waals surface area contributed by atoms with E-state index in [1.807, 2.05) is 17.6 Å². The van der Waals surface area contributed by atoms with Gasteiger partial charge in [-0.25, -0.2) is 4.79 Å². The summed E-state index contributed by atoms with van der Waals surface area (Å²) in [6, 6.07) is 5.92. The molecule has 2 aliphatic rings. The Morgan fingerprint density at radius 3 is 2.71 bits per heavy atom. The van der Waals surface area contributed by atoms with Gasteiger partial charge in [0, 0.05) is 42.3 Å². The van der Waals surface area contributed by atoms with Crippen LogP contribution in [0, 0.1) is 12.8 Å². The number of hydrogen-bond acceptors (Lipinski definition) is 4. The van der Waals surface area contributed by atoms with Crippen LogP contribution < -0.4 is 20.5 Å². The first-order chi connectivity index (χ1) is 13.4. The number of rotatable bonds is 5. The largest absolute Gasteiger partial charge is 0.496 e. The molecule has 0 bridgehead atoms. The van der Waals surface area contributed by atoms with Crippen molar-refractivity contribution >= 4 is 22.7 Å². The van der Waals surface area contributed by atoms with Gasteiger partial charge in [0.05, 0.1) is 12.6 Å². The second-order valence-corrected chi connectivity index (χ2v) is 7.99. The Morgan fingerprint density at radius 1 is 1.32 bits per heavy atom. The first-order valence-electron chi connectivity index (χ1n) is 9.88. The zero-order chi connectivity index (χ0) is 20.0. The second kappa shape index (κ2) is 7.04. The Balaban J connectivity index is 1.73. The van der Waals surface area contributed by atoms with E-state index >= 15 is 0 Å². The summed E-state index contributed by atoms with van der Waals surface area (Å²) in [5, 5.41) is 12.5. The van der Waals surface area contributed by atoms with Crippen LogP contribution >= 0.6 is 0 Å². The average Bonchev–Trinajstić information content (AvgIpc) is 3.36. The molecule has 1 saturated carbocycles. The number of anilines is 1.